The molecule has 6 nitrogen and oxygen atoms in total. The highest BCUT2D eigenvalue weighted by Crippen LogP contribution is 2.14. The van der Waals surface area contributed by atoms with E-state index in [1.807, 2.05) is 6.07 Å². The van der Waals surface area contributed by atoms with E-state index >= 15 is 0 Å². The van der Waals surface area contributed by atoms with Gasteiger partial charge in [-0.15, -0.1) is 10.2 Å². The number of halogens is 1. The Morgan fingerprint density at radius 2 is 1.96 bits per heavy atom. The van der Waals surface area contributed by atoms with Crippen LogP contribution in [0.3, 0.4) is 0 Å². The molecule has 0 fully saturated rings. The molecule has 0 spiro atoms. The second-order valence-corrected chi connectivity index (χ2v) is 4.70. The summed E-state index contributed by atoms with van der Waals surface area (Å²) in [6.07, 6.45) is 1.98. The van der Waals surface area contributed by atoms with Gasteiger partial charge in [0.2, 0.25) is 5.89 Å². The molecule has 2 aromatic heterocycles. The van der Waals surface area contributed by atoms with Crippen LogP contribution in [-0.2, 0) is 6.42 Å². The fraction of sp³-hybridized carbons (Fsp3) is 0.125. The third-order valence-corrected chi connectivity index (χ3v) is 3.09. The summed E-state index contributed by atoms with van der Waals surface area (Å²) in [6, 6.07) is 11.2. The molecule has 3 aromatic rings. The molecule has 0 aliphatic heterocycles. The number of pyridine rings is 1. The van der Waals surface area contributed by atoms with Crippen LogP contribution in [0.4, 0.5) is 4.39 Å². The number of rotatable bonds is 5. The number of nitrogens with zero attached hydrogens (tertiary/aromatic N) is 3. The summed E-state index contributed by atoms with van der Waals surface area (Å²) in [6.45, 7) is 0.261. The fourth-order valence-corrected chi connectivity index (χ4v) is 1.97. The van der Waals surface area contributed by atoms with Crippen molar-refractivity contribution in [1.29, 1.82) is 0 Å². The molecule has 0 unspecified atom stereocenters. The van der Waals surface area contributed by atoms with E-state index in [2.05, 4.69) is 20.5 Å². The number of hydrogen-bond donors (Lipinski definition) is 1. The summed E-state index contributed by atoms with van der Waals surface area (Å²) in [5.74, 6) is -0.340. The Balaban J connectivity index is 1.56. The van der Waals surface area contributed by atoms with E-state index in [-0.39, 0.29) is 12.1 Å². The largest absolute Gasteiger partial charge is 0.419 e. The molecule has 1 amide bonds. The second-order valence-electron chi connectivity index (χ2n) is 4.70. The molecule has 7 heteroatoms. The molecule has 1 aromatic carbocycles. The first-order valence-corrected chi connectivity index (χ1v) is 7.00. The predicted molar refractivity (Wildman–Crippen MR) is 80.0 cm³/mol. The first-order chi connectivity index (χ1) is 11.2. The molecular weight excluding hydrogens is 299 g/mol. The van der Waals surface area contributed by atoms with E-state index in [4.69, 9.17) is 4.42 Å². The zero-order valence-corrected chi connectivity index (χ0v) is 12.1. The van der Waals surface area contributed by atoms with Gasteiger partial charge in [0.15, 0.2) is 0 Å². The van der Waals surface area contributed by atoms with Crippen LogP contribution in [0.25, 0.3) is 11.6 Å². The highest BCUT2D eigenvalue weighted by Gasteiger charge is 2.12. The van der Waals surface area contributed by atoms with Crippen LogP contribution in [0.5, 0.6) is 0 Å². The van der Waals surface area contributed by atoms with Crippen LogP contribution in [0.15, 0.2) is 53.1 Å². The van der Waals surface area contributed by atoms with E-state index in [0.717, 1.165) is 0 Å². The molecule has 2 heterocycles. The van der Waals surface area contributed by atoms with Crippen LogP contribution in [0.1, 0.15) is 16.2 Å². The van der Waals surface area contributed by atoms with E-state index in [9.17, 15) is 9.18 Å². The molecule has 0 atom stereocenters. The van der Waals surface area contributed by atoms with E-state index < -0.39 is 11.7 Å². The molecule has 0 bridgehead atoms. The summed E-state index contributed by atoms with van der Waals surface area (Å²) in [5.41, 5.74) is 0.592. The Morgan fingerprint density at radius 3 is 2.74 bits per heavy atom. The topological polar surface area (TPSA) is 80.9 Å². The lowest BCUT2D eigenvalue weighted by Gasteiger charge is -2.04. The SMILES string of the molecule is O=C(NCCc1nnc(-c2ccccn2)o1)c1ccccc1F. The Hall–Kier alpha value is -3.09. The molecule has 116 valence electrons. The van der Waals surface area contributed by atoms with Gasteiger partial charge in [0.1, 0.15) is 11.5 Å². The van der Waals surface area contributed by atoms with Gasteiger partial charge in [0.05, 0.1) is 5.56 Å². The summed E-state index contributed by atoms with van der Waals surface area (Å²) < 4.78 is 18.9. The van der Waals surface area contributed by atoms with Gasteiger partial charge in [-0.3, -0.25) is 9.78 Å². The fourth-order valence-electron chi connectivity index (χ4n) is 1.97. The van der Waals surface area contributed by atoms with Crippen molar-refractivity contribution in [1.82, 2.24) is 20.5 Å². The van der Waals surface area contributed by atoms with E-state index in [1.54, 1.807) is 24.4 Å². The molecule has 0 aliphatic rings. The molecule has 0 aliphatic carbocycles. The second kappa shape index (κ2) is 6.78. The number of amides is 1. The zero-order chi connectivity index (χ0) is 16.1. The zero-order valence-electron chi connectivity index (χ0n) is 12.1. The quantitative estimate of drug-likeness (QED) is 0.781. The van der Waals surface area contributed by atoms with Gasteiger partial charge in [-0.25, -0.2) is 4.39 Å². The molecule has 0 radical (unpaired) electrons. The number of nitrogens with one attached hydrogen (secondary N) is 1. The molecule has 23 heavy (non-hydrogen) atoms. The number of hydrogen-bond acceptors (Lipinski definition) is 5. The average Bonchev–Trinajstić information content (AvgIpc) is 3.05. The maximum Gasteiger partial charge on any atom is 0.266 e. The van der Waals surface area contributed by atoms with Gasteiger partial charge in [-0.05, 0) is 24.3 Å². The Labute approximate surface area is 131 Å². The maximum atomic E-state index is 13.5. The lowest BCUT2D eigenvalue weighted by atomic mass is 10.2. The van der Waals surface area contributed by atoms with Gasteiger partial charge in [-0.1, -0.05) is 18.2 Å². The highest BCUT2D eigenvalue weighted by atomic mass is 19.1. The first-order valence-electron chi connectivity index (χ1n) is 7.00. The van der Waals surface area contributed by atoms with Gasteiger partial charge >= 0.3 is 0 Å². The molecule has 0 saturated heterocycles. The number of carbonyl (C=O) groups is 1. The minimum absolute atomic E-state index is 0.00667. The Morgan fingerprint density at radius 1 is 1.13 bits per heavy atom. The Kier molecular flexibility index (Phi) is 4.37. The van der Waals surface area contributed by atoms with Crippen LogP contribution in [-0.4, -0.2) is 27.6 Å². The number of carbonyl (C=O) groups excluding carboxylic acids is 1. The third-order valence-electron chi connectivity index (χ3n) is 3.09. The number of benzene rings is 1. The Bertz CT molecular complexity index is 805. The van der Waals surface area contributed by atoms with Crippen molar-refractivity contribution in [3.63, 3.8) is 0 Å². The normalized spacial score (nSPS) is 10.5. The predicted octanol–water partition coefficient (Wildman–Crippen LogP) is 2.24. The summed E-state index contributed by atoms with van der Waals surface area (Å²) in [7, 11) is 0. The van der Waals surface area contributed by atoms with Crippen molar-refractivity contribution in [2.45, 2.75) is 6.42 Å². The number of aromatic nitrogens is 3. The van der Waals surface area contributed by atoms with Gasteiger partial charge < -0.3 is 9.73 Å². The summed E-state index contributed by atoms with van der Waals surface area (Å²) in [5, 5.41) is 10.4. The first kappa shape index (κ1) is 14.8. The van der Waals surface area contributed by atoms with Crippen molar-refractivity contribution in [2.75, 3.05) is 6.54 Å². The van der Waals surface area contributed by atoms with E-state index in [1.165, 1.54) is 18.2 Å². The summed E-state index contributed by atoms with van der Waals surface area (Å²) >= 11 is 0. The monoisotopic (exact) mass is 312 g/mol. The van der Waals surface area contributed by atoms with E-state index in [0.29, 0.717) is 23.9 Å². The third kappa shape index (κ3) is 3.57. The lowest BCUT2D eigenvalue weighted by molar-refractivity contribution is 0.0949. The summed E-state index contributed by atoms with van der Waals surface area (Å²) in [4.78, 5) is 16.0. The van der Waals surface area contributed by atoms with Gasteiger partial charge in [0, 0.05) is 19.2 Å². The lowest BCUT2D eigenvalue weighted by Crippen LogP contribution is -2.26. The average molecular weight is 312 g/mol. The van der Waals surface area contributed by atoms with Crippen molar-refractivity contribution < 1.29 is 13.6 Å². The van der Waals surface area contributed by atoms with Crippen molar-refractivity contribution >= 4 is 5.91 Å². The van der Waals surface area contributed by atoms with Crippen molar-refractivity contribution in [3.8, 4) is 11.6 Å². The minimum atomic E-state index is -0.555. The molecule has 1 N–H and O–H groups in total. The van der Waals surface area contributed by atoms with Gasteiger partial charge in [0.25, 0.3) is 11.8 Å². The van der Waals surface area contributed by atoms with Crippen LogP contribution >= 0.6 is 0 Å². The van der Waals surface area contributed by atoms with Gasteiger partial charge in [-0.2, -0.15) is 0 Å². The maximum absolute atomic E-state index is 13.5. The van der Waals surface area contributed by atoms with Crippen LogP contribution in [0.2, 0.25) is 0 Å². The minimum Gasteiger partial charge on any atom is -0.419 e. The highest BCUT2D eigenvalue weighted by molar-refractivity contribution is 5.94. The smallest absolute Gasteiger partial charge is 0.266 e. The standard InChI is InChI=1S/C16H13FN4O2/c17-12-6-2-1-5-11(12)15(22)19-10-8-14-20-21-16(23-14)13-7-3-4-9-18-13/h1-7,9H,8,10H2,(H,19,22). The van der Waals surface area contributed by atoms with Crippen molar-refractivity contribution in [3.05, 3.63) is 65.9 Å². The molecular formula is C16H13FN4O2. The molecule has 0 saturated carbocycles. The van der Waals surface area contributed by atoms with Crippen molar-refractivity contribution in [2.24, 2.45) is 0 Å². The molecule has 3 rings (SSSR count). The van der Waals surface area contributed by atoms with Crippen LogP contribution < -0.4 is 5.32 Å². The van der Waals surface area contributed by atoms with Crippen LogP contribution in [0, 0.1) is 5.82 Å².